The highest BCUT2D eigenvalue weighted by Crippen LogP contribution is 2.23. The Morgan fingerprint density at radius 3 is 2.15 bits per heavy atom. The smallest absolute Gasteiger partial charge is 0.0190 e. The number of nitrogens with two attached hydrogens (primary N) is 1. The fourth-order valence-electron chi connectivity index (χ4n) is 1.95. The van der Waals surface area contributed by atoms with Crippen LogP contribution in [-0.4, -0.2) is 18.1 Å². The molecule has 0 aromatic carbocycles. The Bertz CT molecular complexity index is 137. The maximum absolute atomic E-state index is 5.82. The molecule has 2 atom stereocenters. The summed E-state index contributed by atoms with van der Waals surface area (Å²) in [5.74, 6) is 0.934. The van der Waals surface area contributed by atoms with Gasteiger partial charge in [-0.15, -0.1) is 0 Å². The zero-order valence-electron chi connectivity index (χ0n) is 9.22. The van der Waals surface area contributed by atoms with Gasteiger partial charge in [-0.05, 0) is 45.4 Å². The normalized spacial score (nSPS) is 34.2. The molecule has 1 rings (SSSR count). The monoisotopic (exact) mass is 184 g/mol. The maximum atomic E-state index is 5.82. The lowest BCUT2D eigenvalue weighted by Gasteiger charge is -2.30. The first-order chi connectivity index (χ1) is 6.09. The molecule has 1 saturated carbocycles. The molecular weight excluding hydrogens is 160 g/mol. The van der Waals surface area contributed by atoms with Crippen LogP contribution in [0.15, 0.2) is 0 Å². The topological polar surface area (TPSA) is 38.0 Å². The van der Waals surface area contributed by atoms with Crippen LogP contribution in [0.25, 0.3) is 0 Å². The third-order valence-electron chi connectivity index (χ3n) is 3.30. The Labute approximate surface area is 82.3 Å². The van der Waals surface area contributed by atoms with Gasteiger partial charge in [0.25, 0.3) is 0 Å². The number of rotatable bonds is 3. The molecule has 0 spiro atoms. The van der Waals surface area contributed by atoms with Crippen molar-refractivity contribution in [3.05, 3.63) is 0 Å². The van der Waals surface area contributed by atoms with E-state index in [0.29, 0.717) is 6.04 Å². The zero-order valence-corrected chi connectivity index (χ0v) is 9.22. The fraction of sp³-hybridized carbons (Fsp3) is 1.00. The van der Waals surface area contributed by atoms with Gasteiger partial charge in [0.15, 0.2) is 0 Å². The van der Waals surface area contributed by atoms with E-state index in [-0.39, 0.29) is 6.04 Å². The molecule has 13 heavy (non-hydrogen) atoms. The Kier molecular flexibility index (Phi) is 4.20. The summed E-state index contributed by atoms with van der Waals surface area (Å²) in [6.07, 6.45) is 5.42. The van der Waals surface area contributed by atoms with Crippen molar-refractivity contribution in [3.63, 3.8) is 0 Å². The van der Waals surface area contributed by atoms with Crippen LogP contribution in [-0.2, 0) is 0 Å². The molecule has 0 heterocycles. The second-order valence-electron chi connectivity index (χ2n) is 4.77. The average Bonchev–Trinajstić information content (AvgIpc) is 2.08. The summed E-state index contributed by atoms with van der Waals surface area (Å²) in [5.41, 5.74) is 5.82. The molecule has 2 unspecified atom stereocenters. The van der Waals surface area contributed by atoms with E-state index in [1.54, 1.807) is 0 Å². The lowest BCUT2D eigenvalue weighted by atomic mass is 9.87. The molecule has 78 valence electrons. The second-order valence-corrected chi connectivity index (χ2v) is 4.77. The van der Waals surface area contributed by atoms with Crippen molar-refractivity contribution in [1.29, 1.82) is 0 Å². The van der Waals surface area contributed by atoms with Gasteiger partial charge >= 0.3 is 0 Å². The second kappa shape index (κ2) is 4.97. The molecule has 3 N–H and O–H groups in total. The van der Waals surface area contributed by atoms with Crippen molar-refractivity contribution >= 4 is 0 Å². The summed E-state index contributed by atoms with van der Waals surface area (Å²) in [6.45, 7) is 6.61. The van der Waals surface area contributed by atoms with Gasteiger partial charge in [-0.1, -0.05) is 6.92 Å². The molecule has 0 aromatic heterocycles. The van der Waals surface area contributed by atoms with Crippen LogP contribution in [0.1, 0.15) is 46.5 Å². The van der Waals surface area contributed by atoms with Crippen LogP contribution < -0.4 is 11.1 Å². The molecule has 0 radical (unpaired) electrons. The first kappa shape index (κ1) is 11.0. The van der Waals surface area contributed by atoms with Crippen molar-refractivity contribution in [1.82, 2.24) is 5.32 Å². The average molecular weight is 184 g/mol. The fourth-order valence-corrected chi connectivity index (χ4v) is 1.95. The molecule has 1 aliphatic carbocycles. The largest absolute Gasteiger partial charge is 0.327 e. The zero-order chi connectivity index (χ0) is 9.84. The predicted molar refractivity (Wildman–Crippen MR) is 57.7 cm³/mol. The van der Waals surface area contributed by atoms with Crippen molar-refractivity contribution in [2.45, 2.75) is 64.6 Å². The van der Waals surface area contributed by atoms with Gasteiger partial charge in [0.05, 0.1) is 0 Å². The van der Waals surface area contributed by atoms with Gasteiger partial charge in [0.1, 0.15) is 0 Å². The van der Waals surface area contributed by atoms with Gasteiger partial charge < -0.3 is 11.1 Å². The van der Waals surface area contributed by atoms with Crippen LogP contribution in [0.4, 0.5) is 0 Å². The van der Waals surface area contributed by atoms with E-state index in [1.165, 1.54) is 25.7 Å². The minimum Gasteiger partial charge on any atom is -0.327 e. The van der Waals surface area contributed by atoms with Gasteiger partial charge in [-0.2, -0.15) is 0 Å². The van der Waals surface area contributed by atoms with E-state index in [0.717, 1.165) is 12.0 Å². The summed E-state index contributed by atoms with van der Waals surface area (Å²) in [7, 11) is 0. The number of nitrogens with one attached hydrogen (secondary N) is 1. The number of hydrogen-bond acceptors (Lipinski definition) is 2. The summed E-state index contributed by atoms with van der Waals surface area (Å²) in [4.78, 5) is 0. The van der Waals surface area contributed by atoms with Crippen molar-refractivity contribution in [3.8, 4) is 0 Å². The number of hydrogen-bond donors (Lipinski definition) is 2. The Hall–Kier alpha value is -0.0800. The van der Waals surface area contributed by atoms with Crippen LogP contribution in [0.5, 0.6) is 0 Å². The summed E-state index contributed by atoms with van der Waals surface area (Å²) < 4.78 is 0. The van der Waals surface area contributed by atoms with Crippen molar-refractivity contribution < 1.29 is 0 Å². The maximum Gasteiger partial charge on any atom is 0.0190 e. The minimum atomic E-state index is 0.263. The minimum absolute atomic E-state index is 0.263. The third-order valence-corrected chi connectivity index (χ3v) is 3.30. The van der Waals surface area contributed by atoms with Gasteiger partial charge in [-0.25, -0.2) is 0 Å². The van der Waals surface area contributed by atoms with Crippen molar-refractivity contribution in [2.75, 3.05) is 0 Å². The van der Waals surface area contributed by atoms with E-state index >= 15 is 0 Å². The van der Waals surface area contributed by atoms with E-state index in [1.807, 2.05) is 0 Å². The van der Waals surface area contributed by atoms with Crippen LogP contribution in [0, 0.1) is 5.92 Å². The molecule has 2 heteroatoms. The summed E-state index contributed by atoms with van der Waals surface area (Å²) in [6, 6.07) is 1.44. The third kappa shape index (κ3) is 3.65. The highest BCUT2D eigenvalue weighted by molar-refractivity contribution is 4.80. The summed E-state index contributed by atoms with van der Waals surface area (Å²) >= 11 is 0. The lowest BCUT2D eigenvalue weighted by Crippen LogP contribution is -2.47. The lowest BCUT2D eigenvalue weighted by molar-refractivity contribution is 0.281. The molecule has 0 saturated heterocycles. The summed E-state index contributed by atoms with van der Waals surface area (Å²) in [5, 5.41) is 3.61. The van der Waals surface area contributed by atoms with E-state index in [4.69, 9.17) is 5.73 Å². The SMILES string of the molecule is CC1CCC(NC(C)C(C)N)CC1. The van der Waals surface area contributed by atoms with E-state index in [9.17, 15) is 0 Å². The Balaban J connectivity index is 2.22. The van der Waals surface area contributed by atoms with Crippen LogP contribution >= 0.6 is 0 Å². The predicted octanol–water partition coefficient (Wildman–Crippen LogP) is 1.89. The Morgan fingerprint density at radius 1 is 1.15 bits per heavy atom. The van der Waals surface area contributed by atoms with Gasteiger partial charge in [0, 0.05) is 18.1 Å². The standard InChI is InChI=1S/C11H24N2/c1-8-4-6-11(7-5-8)13-10(3)9(2)12/h8-11,13H,4-7,12H2,1-3H3. The molecule has 1 fully saturated rings. The molecule has 0 aliphatic heterocycles. The molecule has 0 aromatic rings. The quantitative estimate of drug-likeness (QED) is 0.703. The van der Waals surface area contributed by atoms with E-state index < -0.39 is 0 Å². The highest BCUT2D eigenvalue weighted by atomic mass is 15.0. The first-order valence-corrected chi connectivity index (χ1v) is 5.61. The molecule has 0 amide bonds. The highest BCUT2D eigenvalue weighted by Gasteiger charge is 2.20. The molecule has 0 bridgehead atoms. The molecule has 1 aliphatic rings. The molecular formula is C11H24N2. The Morgan fingerprint density at radius 2 is 1.69 bits per heavy atom. The van der Waals surface area contributed by atoms with Gasteiger partial charge in [0.2, 0.25) is 0 Å². The first-order valence-electron chi connectivity index (χ1n) is 5.61. The van der Waals surface area contributed by atoms with Crippen molar-refractivity contribution in [2.24, 2.45) is 11.7 Å². The van der Waals surface area contributed by atoms with Crippen LogP contribution in [0.2, 0.25) is 0 Å². The van der Waals surface area contributed by atoms with Crippen LogP contribution in [0.3, 0.4) is 0 Å². The van der Waals surface area contributed by atoms with E-state index in [2.05, 4.69) is 26.1 Å². The molecule has 2 nitrogen and oxygen atoms in total. The van der Waals surface area contributed by atoms with Gasteiger partial charge in [-0.3, -0.25) is 0 Å².